The van der Waals surface area contributed by atoms with Crippen molar-refractivity contribution in [2.45, 2.75) is 12.8 Å². The zero-order chi connectivity index (χ0) is 18.5. The number of rotatable bonds is 6. The molecule has 6 nitrogen and oxygen atoms in total. The maximum atomic E-state index is 12.0. The Balaban J connectivity index is 1.56. The second-order valence-electron chi connectivity index (χ2n) is 5.62. The fraction of sp³-hybridized carbons (Fsp3) is 0.158. The molecule has 0 aliphatic heterocycles. The number of ketones is 1. The van der Waals surface area contributed by atoms with E-state index in [9.17, 15) is 14.4 Å². The van der Waals surface area contributed by atoms with E-state index in [1.54, 1.807) is 42.5 Å². The molecular formula is C19H15BrN2O4. The number of Topliss-reactive ketones (excluding diaryl/α,β-unsaturated/α-hetero) is 1. The average molecular weight is 415 g/mol. The highest BCUT2D eigenvalue weighted by molar-refractivity contribution is 9.10. The van der Waals surface area contributed by atoms with Crippen LogP contribution in [0.2, 0.25) is 0 Å². The number of H-pyrrole nitrogens is 1. The standard InChI is InChI=1S/C19H15BrN2O4/c20-13-7-5-12(6-8-13)17(23)11-26-18(24)10-9-16-19(25)22-15-4-2-1-3-14(15)21-16/h1-8H,9-11H2,(H,22,25). The predicted molar refractivity (Wildman–Crippen MR) is 100 cm³/mol. The summed E-state index contributed by atoms with van der Waals surface area (Å²) in [6.07, 6.45) is 0.119. The molecule has 1 aromatic heterocycles. The summed E-state index contributed by atoms with van der Waals surface area (Å²) in [5.74, 6) is -0.836. The highest BCUT2D eigenvalue weighted by Crippen LogP contribution is 2.11. The summed E-state index contributed by atoms with van der Waals surface area (Å²) in [5.41, 5.74) is 1.70. The molecule has 3 rings (SSSR count). The molecule has 0 radical (unpaired) electrons. The predicted octanol–water partition coefficient (Wildman–Crippen LogP) is 3.04. The Labute approximate surface area is 157 Å². The molecule has 7 heteroatoms. The molecule has 1 heterocycles. The van der Waals surface area contributed by atoms with Crippen LogP contribution in [0.25, 0.3) is 11.0 Å². The summed E-state index contributed by atoms with van der Waals surface area (Å²) in [5, 5.41) is 0. The molecule has 26 heavy (non-hydrogen) atoms. The quantitative estimate of drug-likeness (QED) is 0.494. The van der Waals surface area contributed by atoms with Crippen molar-refractivity contribution in [3.05, 3.63) is 74.6 Å². The van der Waals surface area contributed by atoms with E-state index in [0.717, 1.165) is 4.47 Å². The molecule has 1 N–H and O–H groups in total. The lowest BCUT2D eigenvalue weighted by atomic mass is 10.1. The molecule has 0 unspecified atom stereocenters. The second kappa shape index (κ2) is 8.05. The topological polar surface area (TPSA) is 89.1 Å². The van der Waals surface area contributed by atoms with Gasteiger partial charge in [-0.15, -0.1) is 0 Å². The molecule has 0 atom stereocenters. The first-order valence-corrected chi connectivity index (χ1v) is 8.74. The maximum Gasteiger partial charge on any atom is 0.306 e. The normalized spacial score (nSPS) is 10.7. The van der Waals surface area contributed by atoms with Gasteiger partial charge in [-0.05, 0) is 24.3 Å². The van der Waals surface area contributed by atoms with Crippen molar-refractivity contribution in [3.8, 4) is 0 Å². The number of fused-ring (bicyclic) bond motifs is 1. The molecule has 0 aliphatic carbocycles. The van der Waals surface area contributed by atoms with Crippen molar-refractivity contribution < 1.29 is 14.3 Å². The van der Waals surface area contributed by atoms with Crippen LogP contribution < -0.4 is 5.56 Å². The van der Waals surface area contributed by atoms with Crippen LogP contribution in [0.1, 0.15) is 22.5 Å². The van der Waals surface area contributed by atoms with Gasteiger partial charge in [0.25, 0.3) is 5.56 Å². The molecule has 0 saturated carbocycles. The van der Waals surface area contributed by atoms with Crippen LogP contribution >= 0.6 is 15.9 Å². The molecule has 0 saturated heterocycles. The molecule has 3 aromatic rings. The highest BCUT2D eigenvalue weighted by atomic mass is 79.9. The number of aryl methyl sites for hydroxylation is 1. The molecule has 0 spiro atoms. The Morgan fingerprint density at radius 3 is 2.58 bits per heavy atom. The van der Waals surface area contributed by atoms with Crippen molar-refractivity contribution in [1.29, 1.82) is 0 Å². The van der Waals surface area contributed by atoms with Gasteiger partial charge in [-0.3, -0.25) is 14.4 Å². The van der Waals surface area contributed by atoms with Crippen LogP contribution in [0.3, 0.4) is 0 Å². The minimum atomic E-state index is -0.551. The number of ether oxygens (including phenoxy) is 1. The van der Waals surface area contributed by atoms with E-state index in [4.69, 9.17) is 4.74 Å². The van der Waals surface area contributed by atoms with E-state index in [1.165, 1.54) is 0 Å². The van der Waals surface area contributed by atoms with Crippen molar-refractivity contribution in [1.82, 2.24) is 9.97 Å². The van der Waals surface area contributed by atoms with Crippen LogP contribution in [-0.2, 0) is 16.0 Å². The Bertz CT molecular complexity index is 1010. The number of carbonyl (C=O) groups excluding carboxylic acids is 2. The number of esters is 1. The van der Waals surface area contributed by atoms with E-state index in [-0.39, 0.29) is 36.5 Å². The summed E-state index contributed by atoms with van der Waals surface area (Å²) in [6, 6.07) is 14.0. The fourth-order valence-electron chi connectivity index (χ4n) is 2.39. The molecule has 2 aromatic carbocycles. The Morgan fingerprint density at radius 2 is 1.81 bits per heavy atom. The molecule has 0 bridgehead atoms. The van der Waals surface area contributed by atoms with Crippen LogP contribution in [0, 0.1) is 0 Å². The lowest BCUT2D eigenvalue weighted by Gasteiger charge is -2.05. The van der Waals surface area contributed by atoms with Gasteiger partial charge in [0.1, 0.15) is 5.69 Å². The molecule has 0 aliphatic rings. The lowest BCUT2D eigenvalue weighted by Crippen LogP contribution is -2.18. The Kier molecular flexibility index (Phi) is 5.58. The maximum absolute atomic E-state index is 12.0. The van der Waals surface area contributed by atoms with Gasteiger partial charge < -0.3 is 9.72 Å². The van der Waals surface area contributed by atoms with Crippen molar-refractivity contribution in [2.24, 2.45) is 0 Å². The van der Waals surface area contributed by atoms with Gasteiger partial charge >= 0.3 is 5.97 Å². The van der Waals surface area contributed by atoms with Crippen molar-refractivity contribution in [3.63, 3.8) is 0 Å². The number of para-hydroxylation sites is 2. The van der Waals surface area contributed by atoms with Crippen LogP contribution in [0.15, 0.2) is 57.8 Å². The number of nitrogens with zero attached hydrogens (tertiary/aromatic N) is 1. The first-order chi connectivity index (χ1) is 12.5. The van der Waals surface area contributed by atoms with Crippen molar-refractivity contribution in [2.75, 3.05) is 6.61 Å². The third-order valence-electron chi connectivity index (χ3n) is 3.77. The third kappa shape index (κ3) is 4.43. The van der Waals surface area contributed by atoms with E-state index in [2.05, 4.69) is 25.9 Å². The van der Waals surface area contributed by atoms with Gasteiger partial charge in [0.2, 0.25) is 0 Å². The van der Waals surface area contributed by atoms with E-state index in [1.807, 2.05) is 6.07 Å². The Hall–Kier alpha value is -2.80. The SMILES string of the molecule is O=C(CCc1nc2ccccc2[nH]c1=O)OCC(=O)c1ccc(Br)cc1. The fourth-order valence-corrected chi connectivity index (χ4v) is 2.66. The summed E-state index contributed by atoms with van der Waals surface area (Å²) in [7, 11) is 0. The zero-order valence-electron chi connectivity index (χ0n) is 13.7. The molecular weight excluding hydrogens is 400 g/mol. The zero-order valence-corrected chi connectivity index (χ0v) is 15.3. The highest BCUT2D eigenvalue weighted by Gasteiger charge is 2.12. The number of aromatic nitrogens is 2. The van der Waals surface area contributed by atoms with Gasteiger partial charge in [-0.1, -0.05) is 40.2 Å². The van der Waals surface area contributed by atoms with Gasteiger partial charge in [0.15, 0.2) is 12.4 Å². The number of nitrogens with one attached hydrogen (secondary N) is 1. The summed E-state index contributed by atoms with van der Waals surface area (Å²) >= 11 is 3.29. The number of carbonyl (C=O) groups is 2. The number of benzene rings is 2. The monoisotopic (exact) mass is 414 g/mol. The minimum absolute atomic E-state index is 0.0258. The number of aromatic amines is 1. The second-order valence-corrected chi connectivity index (χ2v) is 6.54. The third-order valence-corrected chi connectivity index (χ3v) is 4.29. The first-order valence-electron chi connectivity index (χ1n) is 7.95. The molecule has 0 fully saturated rings. The number of halogens is 1. The first kappa shape index (κ1) is 18.0. The molecule has 0 amide bonds. The van der Waals surface area contributed by atoms with Crippen LogP contribution in [0.5, 0.6) is 0 Å². The average Bonchev–Trinajstić information content (AvgIpc) is 2.65. The summed E-state index contributed by atoms with van der Waals surface area (Å²) < 4.78 is 5.86. The summed E-state index contributed by atoms with van der Waals surface area (Å²) in [4.78, 5) is 42.8. The van der Waals surface area contributed by atoms with Crippen LogP contribution in [0.4, 0.5) is 0 Å². The van der Waals surface area contributed by atoms with E-state index < -0.39 is 5.97 Å². The van der Waals surface area contributed by atoms with Gasteiger partial charge in [0.05, 0.1) is 17.5 Å². The lowest BCUT2D eigenvalue weighted by molar-refractivity contribution is -0.142. The van der Waals surface area contributed by atoms with Gasteiger partial charge in [-0.25, -0.2) is 4.98 Å². The van der Waals surface area contributed by atoms with E-state index in [0.29, 0.717) is 16.6 Å². The smallest absolute Gasteiger partial charge is 0.306 e. The van der Waals surface area contributed by atoms with Crippen LogP contribution in [-0.4, -0.2) is 28.3 Å². The van der Waals surface area contributed by atoms with Crippen molar-refractivity contribution >= 4 is 38.7 Å². The Morgan fingerprint density at radius 1 is 1.08 bits per heavy atom. The number of hydrogen-bond donors (Lipinski definition) is 1. The largest absolute Gasteiger partial charge is 0.457 e. The number of hydrogen-bond acceptors (Lipinski definition) is 5. The molecule has 132 valence electrons. The van der Waals surface area contributed by atoms with Gasteiger partial charge in [-0.2, -0.15) is 0 Å². The minimum Gasteiger partial charge on any atom is -0.457 e. The summed E-state index contributed by atoms with van der Waals surface area (Å²) in [6.45, 7) is -0.331. The van der Waals surface area contributed by atoms with Gasteiger partial charge in [0, 0.05) is 16.5 Å². The van der Waals surface area contributed by atoms with E-state index >= 15 is 0 Å².